The molecule has 1 N–H and O–H groups in total. The monoisotopic (exact) mass is 318 g/mol. The van der Waals surface area contributed by atoms with Crippen LogP contribution in [0.15, 0.2) is 0 Å². The maximum absolute atomic E-state index is 11.8. The number of nitrogens with zero attached hydrogens (tertiary/aromatic N) is 2. The average Bonchev–Trinajstić information content (AvgIpc) is 2.43. The number of piperidine rings is 2. The molecule has 0 aliphatic carbocycles. The van der Waals surface area contributed by atoms with E-state index < -0.39 is 5.97 Å². The highest BCUT2D eigenvalue weighted by Crippen LogP contribution is 2.23. The van der Waals surface area contributed by atoms with Crippen molar-refractivity contribution in [2.45, 2.75) is 51.5 Å². The van der Waals surface area contributed by atoms with Crippen LogP contribution in [0.2, 0.25) is 0 Å². The Morgan fingerprint density at radius 3 is 2.48 bits per heavy atom. The third-order valence-electron chi connectivity index (χ3n) is 4.66. The topological polar surface area (TPSA) is 60.9 Å². The molecule has 1 amide bonds. The normalized spacial score (nSPS) is 22.7. The van der Waals surface area contributed by atoms with Gasteiger partial charge in [0.1, 0.15) is 6.04 Å². The van der Waals surface area contributed by atoms with E-state index in [0.29, 0.717) is 24.7 Å². The second kappa shape index (κ2) is 8.59. The van der Waals surface area contributed by atoms with Gasteiger partial charge in [-0.2, -0.15) is 0 Å². The summed E-state index contributed by atoms with van der Waals surface area (Å²) >= 11 is 0. The predicted molar refractivity (Wildman–Crippen MR) is 83.7 cm³/mol. The van der Waals surface area contributed by atoms with Gasteiger partial charge < -0.3 is 10.0 Å². The summed E-state index contributed by atoms with van der Waals surface area (Å²) in [6.07, 6.45) is 5.54. The molecule has 0 aromatic heterocycles. The number of hydrogen-bond donors (Lipinski definition) is 1. The lowest BCUT2D eigenvalue weighted by atomic mass is 9.94. The molecule has 0 spiro atoms. The van der Waals surface area contributed by atoms with Gasteiger partial charge in [0.15, 0.2) is 0 Å². The molecule has 0 bridgehead atoms. The minimum atomic E-state index is -0.711. The summed E-state index contributed by atoms with van der Waals surface area (Å²) < 4.78 is 0. The van der Waals surface area contributed by atoms with Gasteiger partial charge in [-0.1, -0.05) is 6.92 Å². The Balaban J connectivity index is 0.00000220. The number of aliphatic carboxylic acids is 1. The summed E-state index contributed by atoms with van der Waals surface area (Å²) in [6, 6.07) is -0.340. The fourth-order valence-corrected chi connectivity index (χ4v) is 3.40. The van der Waals surface area contributed by atoms with Gasteiger partial charge in [-0.25, -0.2) is 0 Å². The number of hydrogen-bond acceptors (Lipinski definition) is 3. The van der Waals surface area contributed by atoms with Crippen LogP contribution in [0, 0.1) is 5.92 Å². The fraction of sp³-hybridized carbons (Fsp3) is 0.867. The summed E-state index contributed by atoms with van der Waals surface area (Å²) in [7, 11) is 0. The Hall–Kier alpha value is -0.810. The highest BCUT2D eigenvalue weighted by atomic mass is 35.5. The standard InChI is InChI=1S/C15H26N2O3.ClH/c1-2-13(15(19)20)16-9-6-12(7-10-16)11-17-8-4-3-5-14(17)18;/h12-13H,2-11H2,1H3,(H,19,20);1H. The lowest BCUT2D eigenvalue weighted by molar-refractivity contribution is -0.144. The van der Waals surface area contributed by atoms with Crippen LogP contribution in [0.4, 0.5) is 0 Å². The first kappa shape index (κ1) is 18.2. The number of carbonyl (C=O) groups excluding carboxylic acids is 1. The van der Waals surface area contributed by atoms with Crippen LogP contribution in [0.3, 0.4) is 0 Å². The second-order valence-corrected chi connectivity index (χ2v) is 6.04. The number of carbonyl (C=O) groups is 2. The van der Waals surface area contributed by atoms with Crippen LogP contribution in [0.5, 0.6) is 0 Å². The van der Waals surface area contributed by atoms with Gasteiger partial charge in [0, 0.05) is 19.5 Å². The summed E-state index contributed by atoms with van der Waals surface area (Å²) in [6.45, 7) is 5.40. The molecular weight excluding hydrogens is 292 g/mol. The Kier molecular flexibility index (Phi) is 7.46. The van der Waals surface area contributed by atoms with E-state index in [-0.39, 0.29) is 18.4 Å². The third kappa shape index (κ3) is 4.85. The van der Waals surface area contributed by atoms with E-state index in [0.717, 1.165) is 51.9 Å². The van der Waals surface area contributed by atoms with E-state index in [9.17, 15) is 14.7 Å². The van der Waals surface area contributed by atoms with Gasteiger partial charge in [0.05, 0.1) is 0 Å². The van der Waals surface area contributed by atoms with Gasteiger partial charge in [-0.3, -0.25) is 14.5 Å². The third-order valence-corrected chi connectivity index (χ3v) is 4.66. The van der Waals surface area contributed by atoms with Crippen molar-refractivity contribution in [3.63, 3.8) is 0 Å². The Morgan fingerprint density at radius 1 is 1.29 bits per heavy atom. The average molecular weight is 319 g/mol. The van der Waals surface area contributed by atoms with E-state index in [1.807, 2.05) is 11.8 Å². The zero-order valence-electron chi connectivity index (χ0n) is 12.8. The summed E-state index contributed by atoms with van der Waals surface area (Å²) in [5.74, 6) is 0.132. The number of amides is 1. The molecule has 2 heterocycles. The van der Waals surface area contributed by atoms with Crippen molar-refractivity contribution in [3.05, 3.63) is 0 Å². The van der Waals surface area contributed by atoms with Crippen LogP contribution >= 0.6 is 12.4 Å². The molecule has 21 heavy (non-hydrogen) atoms. The predicted octanol–water partition coefficient (Wildman–Crippen LogP) is 2.00. The van der Waals surface area contributed by atoms with E-state index in [1.165, 1.54) is 0 Å². The lowest BCUT2D eigenvalue weighted by Gasteiger charge is -2.38. The van der Waals surface area contributed by atoms with Crippen molar-refractivity contribution >= 4 is 24.3 Å². The SMILES string of the molecule is CCC(C(=O)O)N1CCC(CN2CCCCC2=O)CC1.Cl. The molecule has 2 saturated heterocycles. The molecule has 1 unspecified atom stereocenters. The van der Waals surface area contributed by atoms with Crippen molar-refractivity contribution in [1.29, 1.82) is 0 Å². The van der Waals surface area contributed by atoms with Gasteiger partial charge in [-0.05, 0) is 51.1 Å². The number of carboxylic acid groups (broad SMARTS) is 1. The van der Waals surface area contributed by atoms with E-state index in [2.05, 4.69) is 4.90 Å². The second-order valence-electron chi connectivity index (χ2n) is 6.04. The minimum Gasteiger partial charge on any atom is -0.480 e. The van der Waals surface area contributed by atoms with Gasteiger partial charge in [-0.15, -0.1) is 12.4 Å². The molecule has 122 valence electrons. The van der Waals surface area contributed by atoms with Crippen LogP contribution in [0.1, 0.15) is 45.4 Å². The molecule has 5 nitrogen and oxygen atoms in total. The molecule has 0 radical (unpaired) electrons. The van der Waals surface area contributed by atoms with Crippen molar-refractivity contribution < 1.29 is 14.7 Å². The van der Waals surface area contributed by atoms with Crippen LogP contribution in [-0.2, 0) is 9.59 Å². The molecule has 1 atom stereocenters. The highest BCUT2D eigenvalue weighted by Gasteiger charge is 2.30. The quantitative estimate of drug-likeness (QED) is 0.842. The fourth-order valence-electron chi connectivity index (χ4n) is 3.40. The molecule has 2 aliphatic heterocycles. The zero-order chi connectivity index (χ0) is 14.5. The first-order valence-electron chi connectivity index (χ1n) is 7.86. The molecule has 2 rings (SSSR count). The Labute approximate surface area is 133 Å². The minimum absolute atomic E-state index is 0. The molecule has 0 saturated carbocycles. The Bertz CT molecular complexity index is 357. The van der Waals surface area contributed by atoms with Crippen LogP contribution in [-0.4, -0.2) is 59.0 Å². The van der Waals surface area contributed by atoms with Crippen molar-refractivity contribution in [1.82, 2.24) is 9.80 Å². The number of halogens is 1. The summed E-state index contributed by atoms with van der Waals surface area (Å²) in [5, 5.41) is 9.19. The highest BCUT2D eigenvalue weighted by molar-refractivity contribution is 5.85. The number of carboxylic acids is 1. The van der Waals surface area contributed by atoms with Crippen molar-refractivity contribution in [2.75, 3.05) is 26.2 Å². The van der Waals surface area contributed by atoms with Gasteiger partial charge in [0.25, 0.3) is 0 Å². The summed E-state index contributed by atoms with van der Waals surface area (Å²) in [5.41, 5.74) is 0. The van der Waals surface area contributed by atoms with Crippen LogP contribution < -0.4 is 0 Å². The molecule has 0 aromatic carbocycles. The largest absolute Gasteiger partial charge is 0.480 e. The van der Waals surface area contributed by atoms with E-state index in [1.54, 1.807) is 0 Å². The van der Waals surface area contributed by atoms with Crippen LogP contribution in [0.25, 0.3) is 0 Å². The van der Waals surface area contributed by atoms with Gasteiger partial charge in [0.2, 0.25) is 5.91 Å². The van der Waals surface area contributed by atoms with E-state index >= 15 is 0 Å². The first-order chi connectivity index (χ1) is 9.61. The maximum Gasteiger partial charge on any atom is 0.320 e. The zero-order valence-corrected chi connectivity index (χ0v) is 13.6. The number of likely N-dealkylation sites (tertiary alicyclic amines) is 2. The maximum atomic E-state index is 11.8. The number of rotatable bonds is 5. The Morgan fingerprint density at radius 2 is 1.95 bits per heavy atom. The lowest BCUT2D eigenvalue weighted by Crippen LogP contribution is -2.47. The summed E-state index contributed by atoms with van der Waals surface area (Å²) in [4.78, 5) is 27.1. The molecular formula is C15H27ClN2O3. The molecule has 2 aliphatic rings. The van der Waals surface area contributed by atoms with Crippen molar-refractivity contribution in [2.24, 2.45) is 5.92 Å². The molecule has 2 fully saturated rings. The van der Waals surface area contributed by atoms with Gasteiger partial charge >= 0.3 is 5.97 Å². The van der Waals surface area contributed by atoms with Crippen molar-refractivity contribution in [3.8, 4) is 0 Å². The smallest absolute Gasteiger partial charge is 0.320 e. The molecule has 0 aromatic rings. The molecule has 6 heteroatoms. The van der Waals surface area contributed by atoms with E-state index in [4.69, 9.17) is 0 Å². The first-order valence-corrected chi connectivity index (χ1v) is 7.86.